The number of hydrogen-bond acceptors (Lipinski definition) is 9. The van der Waals surface area contributed by atoms with Crippen LogP contribution in [0, 0.1) is 25.3 Å². The number of aliphatic carboxylic acids is 1. The minimum Gasteiger partial charge on any atom is -0.535 e. The van der Waals surface area contributed by atoms with Crippen LogP contribution in [0.15, 0.2) is 0 Å². The van der Waals surface area contributed by atoms with E-state index in [-0.39, 0.29) is 65.0 Å². The van der Waals surface area contributed by atoms with Crippen LogP contribution in [0.2, 0.25) is 0 Å². The summed E-state index contributed by atoms with van der Waals surface area (Å²) in [7, 11) is 3.14. The molecule has 0 bridgehead atoms. The van der Waals surface area contributed by atoms with Crippen LogP contribution < -0.4 is 27.8 Å². The number of urea groups is 1. The Hall–Kier alpha value is -1.85. The molecular formula is C30H54N7O7Pt2+. The first-order valence-electron chi connectivity index (χ1n) is 15.2. The van der Waals surface area contributed by atoms with Gasteiger partial charge in [0.25, 0.3) is 0 Å². The fourth-order valence-corrected chi connectivity index (χ4v) is 4.06. The van der Waals surface area contributed by atoms with Crippen LogP contribution in [0.1, 0.15) is 92.4 Å². The number of ketones is 1. The van der Waals surface area contributed by atoms with Gasteiger partial charge in [-0.1, -0.05) is 40.0 Å². The molecule has 2 fully saturated rings. The SMILES string of the molecule is N[C@@H]1CCCC[C@H]1N.[CH2+][C@@H]1CCCC[C@H]1N.[CH2-]N(C(=O)CNC(=O)C(C)NC(=O)C(C)(C)CC)C(=O)[N-]C(C(C)=O)C(=O)O.[Pt+2].[Pt]. The van der Waals surface area contributed by atoms with E-state index in [1.54, 1.807) is 13.8 Å². The molecular weight excluding hydrogens is 961 g/mol. The quantitative estimate of drug-likeness (QED) is 0.145. The smallest absolute Gasteiger partial charge is 0.535 e. The molecule has 6 atom stereocenters. The number of carboxylic acids is 1. The Kier molecular flexibility index (Phi) is 25.7. The van der Waals surface area contributed by atoms with Crippen molar-refractivity contribution in [2.45, 2.75) is 123 Å². The van der Waals surface area contributed by atoms with Gasteiger partial charge in [-0.3, -0.25) is 24.0 Å². The van der Waals surface area contributed by atoms with Gasteiger partial charge in [-0.05, 0) is 52.4 Å². The standard InChI is InChI=1S/C17H27N4O7.C7H14N.C6H14N2.2Pt/c1-7-17(4,5)15(27)19-9(2)13(24)18-8-11(23)21(6)16(28)20-12(10(3)22)14(25)26;1-6-4-2-3-5-7(6)8;7-5-3-1-2-4-6(5)8;;/h9,12H,6-8H2,1-5H3,(H4,18,19,20,24,25,26,27,28);6-7H,1-5,8H2;5-6H,1-4,7-8H2;;/q-1;+1;;;+2/p-1/t;6-,7-;5-,6-;;/m.11../s1. The summed E-state index contributed by atoms with van der Waals surface area (Å²) in [4.78, 5) is 70.0. The summed E-state index contributed by atoms with van der Waals surface area (Å²) in [6, 6.07) is -3.26. The van der Waals surface area contributed by atoms with Crippen molar-refractivity contribution in [3.63, 3.8) is 0 Å². The van der Waals surface area contributed by atoms with Crippen LogP contribution in [0.5, 0.6) is 0 Å². The van der Waals surface area contributed by atoms with Crippen LogP contribution in [0.3, 0.4) is 0 Å². The second kappa shape index (κ2) is 24.3. The van der Waals surface area contributed by atoms with Crippen molar-refractivity contribution < 1.29 is 76.0 Å². The van der Waals surface area contributed by atoms with Gasteiger partial charge in [-0.25, -0.2) is 0 Å². The number of nitrogens with two attached hydrogens (primary N) is 3. The first-order valence-corrected chi connectivity index (χ1v) is 15.2. The average Bonchev–Trinajstić information content (AvgIpc) is 2.97. The Labute approximate surface area is 302 Å². The van der Waals surface area contributed by atoms with Crippen molar-refractivity contribution in [1.29, 1.82) is 0 Å². The molecule has 0 aromatic heterocycles. The van der Waals surface area contributed by atoms with Crippen LogP contribution in [0.25, 0.3) is 5.32 Å². The van der Waals surface area contributed by atoms with Gasteiger partial charge >= 0.3 is 27.0 Å². The number of Topliss-reactive ketones (excluding diaryl/α,β-unsaturated/α-hetero) is 1. The van der Waals surface area contributed by atoms with E-state index in [1.165, 1.54) is 45.4 Å². The Morgan fingerprint density at radius 3 is 1.78 bits per heavy atom. The maximum atomic E-state index is 12.1. The van der Waals surface area contributed by atoms with Crippen LogP contribution in [0.4, 0.5) is 4.79 Å². The van der Waals surface area contributed by atoms with Gasteiger partial charge < -0.3 is 55.0 Å². The van der Waals surface area contributed by atoms with E-state index in [0.717, 1.165) is 19.8 Å². The summed E-state index contributed by atoms with van der Waals surface area (Å²) in [6.07, 6.45) is 10.4. The first-order chi connectivity index (χ1) is 20.3. The third kappa shape index (κ3) is 18.5. The third-order valence-electron chi connectivity index (χ3n) is 7.89. The molecule has 5 amide bonds. The van der Waals surface area contributed by atoms with Gasteiger partial charge in [0.15, 0.2) is 0 Å². The largest absolute Gasteiger partial charge is 2.00 e. The maximum absolute atomic E-state index is 12.1. The molecule has 0 aliphatic heterocycles. The number of nitrogens with zero attached hydrogens (tertiary/aromatic N) is 2. The number of carboxylic acid groups (broad SMARTS) is 1. The number of hydrogen-bond donors (Lipinski definition) is 6. The number of carbonyl (C=O) groups excluding carboxylic acids is 5. The van der Waals surface area contributed by atoms with Gasteiger partial charge in [0.1, 0.15) is 35.7 Å². The van der Waals surface area contributed by atoms with E-state index < -0.39 is 53.6 Å². The Morgan fingerprint density at radius 1 is 0.978 bits per heavy atom. The molecule has 14 nitrogen and oxygen atoms in total. The summed E-state index contributed by atoms with van der Waals surface area (Å²) in [5.74, 6) is -3.99. The summed E-state index contributed by atoms with van der Waals surface area (Å²) >= 11 is 0. The average molecular weight is 1010 g/mol. The molecule has 270 valence electrons. The van der Waals surface area contributed by atoms with Gasteiger partial charge in [0, 0.05) is 44.6 Å². The number of carbonyl (C=O) groups is 6. The maximum Gasteiger partial charge on any atom is 2.00 e. The fourth-order valence-electron chi connectivity index (χ4n) is 4.06. The van der Waals surface area contributed by atoms with Crippen LogP contribution in [-0.4, -0.2) is 82.3 Å². The zero-order valence-corrected chi connectivity index (χ0v) is 32.1. The predicted molar refractivity (Wildman–Crippen MR) is 167 cm³/mol. The molecule has 0 saturated heterocycles. The predicted octanol–water partition coefficient (Wildman–Crippen LogP) is 1.75. The van der Waals surface area contributed by atoms with E-state index in [9.17, 15) is 28.8 Å². The molecule has 46 heavy (non-hydrogen) atoms. The Bertz CT molecular complexity index is 933. The molecule has 0 aromatic carbocycles. The van der Waals surface area contributed by atoms with E-state index >= 15 is 0 Å². The van der Waals surface area contributed by atoms with Crippen molar-refractivity contribution in [1.82, 2.24) is 15.5 Å². The molecule has 0 aromatic rings. The summed E-state index contributed by atoms with van der Waals surface area (Å²) < 4.78 is 0. The Balaban J connectivity index is -0.000000826. The van der Waals surface area contributed by atoms with E-state index in [2.05, 4.69) is 29.9 Å². The van der Waals surface area contributed by atoms with Crippen LogP contribution in [-0.2, 0) is 66.1 Å². The zero-order valence-electron chi connectivity index (χ0n) is 27.6. The minimum atomic E-state index is -1.95. The fraction of sp³-hybridized carbons (Fsp3) is 0.733. The van der Waals surface area contributed by atoms with E-state index in [1.807, 2.05) is 6.92 Å². The topological polar surface area (TPSA) is 242 Å². The zero-order chi connectivity index (χ0) is 34.2. The van der Waals surface area contributed by atoms with Gasteiger partial charge in [-0.2, -0.15) is 0 Å². The number of rotatable bonds is 9. The first kappa shape index (κ1) is 48.5. The normalized spacial score (nSPS) is 21.7. The third-order valence-corrected chi connectivity index (χ3v) is 7.89. The van der Waals surface area contributed by atoms with Crippen molar-refractivity contribution in [3.05, 3.63) is 19.3 Å². The molecule has 16 heteroatoms. The molecule has 2 aliphatic carbocycles. The van der Waals surface area contributed by atoms with Crippen molar-refractivity contribution in [3.8, 4) is 0 Å². The van der Waals surface area contributed by atoms with Crippen molar-refractivity contribution in [2.75, 3.05) is 6.54 Å². The van der Waals surface area contributed by atoms with E-state index in [4.69, 9.17) is 22.3 Å². The molecule has 0 heterocycles. The molecule has 2 aliphatic rings. The van der Waals surface area contributed by atoms with Crippen molar-refractivity contribution in [2.24, 2.45) is 28.5 Å². The molecule has 2 saturated carbocycles. The molecule has 2 unspecified atom stereocenters. The second-order valence-electron chi connectivity index (χ2n) is 12.1. The number of amides is 5. The van der Waals surface area contributed by atoms with Gasteiger partial charge in [-0.15, -0.1) is 0 Å². The monoisotopic (exact) mass is 1010 g/mol. The number of nitrogens with one attached hydrogen (secondary N) is 2. The minimum absolute atomic E-state index is 0. The molecule has 0 radical (unpaired) electrons. The molecule has 2 rings (SSSR count). The second-order valence-corrected chi connectivity index (χ2v) is 12.1. The molecule has 0 spiro atoms. The van der Waals surface area contributed by atoms with Crippen molar-refractivity contribution >= 4 is 35.5 Å². The Morgan fingerprint density at radius 2 is 1.43 bits per heavy atom. The summed E-state index contributed by atoms with van der Waals surface area (Å²) in [5.41, 5.74) is 16.4. The molecule has 9 N–H and O–H groups in total. The van der Waals surface area contributed by atoms with Crippen LogP contribution >= 0.6 is 0 Å². The van der Waals surface area contributed by atoms with Gasteiger partial charge in [0.05, 0.1) is 13.5 Å². The van der Waals surface area contributed by atoms with E-state index in [0.29, 0.717) is 18.4 Å². The summed E-state index contributed by atoms with van der Waals surface area (Å²) in [5, 5.41) is 16.7. The summed E-state index contributed by atoms with van der Waals surface area (Å²) in [6.45, 7) is 10.9. The number of imide groups is 1. The van der Waals surface area contributed by atoms with Gasteiger partial charge in [0.2, 0.25) is 11.8 Å².